The van der Waals surface area contributed by atoms with Gasteiger partial charge in [0.15, 0.2) is 0 Å². The zero-order chi connectivity index (χ0) is 11.3. The Hall–Kier alpha value is -1.71. The lowest BCUT2D eigenvalue weighted by atomic mass is 10.0. The molecule has 0 amide bonds. The Morgan fingerprint density at radius 2 is 2.33 bits per heavy atom. The van der Waals surface area contributed by atoms with E-state index in [2.05, 4.69) is 10.0 Å². The number of hydrogen-bond acceptors (Lipinski definition) is 3. The summed E-state index contributed by atoms with van der Waals surface area (Å²) < 4.78 is 5.16. The van der Waals surface area contributed by atoms with Gasteiger partial charge in [0.1, 0.15) is 5.75 Å². The van der Waals surface area contributed by atoms with Gasteiger partial charge in [-0.15, -0.1) is 0 Å². The molecule has 5 heteroatoms. The minimum atomic E-state index is -0.592. The predicted molar refractivity (Wildman–Crippen MR) is 56.7 cm³/mol. The maximum atomic E-state index is 9.13. The van der Waals surface area contributed by atoms with Crippen LogP contribution in [0.4, 0.5) is 0 Å². The lowest BCUT2D eigenvalue weighted by Crippen LogP contribution is -2.05. The minimum Gasteiger partial charge on any atom is -0.496 e. The summed E-state index contributed by atoms with van der Waals surface area (Å²) in [7, 11) is 1.54. The molecule has 0 aliphatic carbocycles. The van der Waals surface area contributed by atoms with Gasteiger partial charge in [-0.3, -0.25) is 0 Å². The number of aryl methyl sites for hydroxylation is 1. The van der Waals surface area contributed by atoms with Crippen LogP contribution in [-0.2, 0) is 0 Å². The van der Waals surface area contributed by atoms with Crippen molar-refractivity contribution in [3.05, 3.63) is 39.8 Å². The number of ether oxygens (including phenoxy) is 1. The molecular weight excluding hydrogens is 194 g/mol. The van der Waals surface area contributed by atoms with Crippen LogP contribution >= 0.6 is 0 Å². The Morgan fingerprint density at radius 3 is 2.87 bits per heavy atom. The number of benzene rings is 1. The second kappa shape index (κ2) is 5.24. The molecule has 0 bridgehead atoms. The zero-order valence-electron chi connectivity index (χ0n) is 8.71. The van der Waals surface area contributed by atoms with Gasteiger partial charge in [-0.2, -0.15) is 0 Å². The molecule has 0 unspecified atom stereocenters. The Labute approximate surface area is 87.9 Å². The first-order valence-electron chi connectivity index (χ1n) is 4.53. The van der Waals surface area contributed by atoms with Crippen LogP contribution in [0.5, 0.6) is 5.75 Å². The number of rotatable bonds is 4. The van der Waals surface area contributed by atoms with Crippen molar-refractivity contribution >= 4 is 0 Å². The van der Waals surface area contributed by atoms with Gasteiger partial charge >= 0.3 is 0 Å². The van der Waals surface area contributed by atoms with Gasteiger partial charge in [0.2, 0.25) is 0 Å². The molecule has 0 saturated carbocycles. The maximum Gasteiger partial charge on any atom is 0.122 e. The Bertz CT molecular complexity index is 386. The molecule has 0 spiro atoms. The highest BCUT2D eigenvalue weighted by Gasteiger charge is 2.15. The van der Waals surface area contributed by atoms with Gasteiger partial charge in [-0.1, -0.05) is 17.2 Å². The fraction of sp³-hybridized carbons (Fsp3) is 0.400. The monoisotopic (exact) mass is 207 g/mol. The third-order valence-electron chi connectivity index (χ3n) is 2.20. The molecule has 15 heavy (non-hydrogen) atoms. The number of nitrogens with zero attached hydrogens (tertiary/aromatic N) is 3. The molecule has 1 atom stereocenters. The van der Waals surface area contributed by atoms with Crippen molar-refractivity contribution in [1.82, 2.24) is 0 Å². The number of hydrogen-bond donors (Lipinski definition) is 1. The smallest absolute Gasteiger partial charge is 0.122 e. The molecule has 1 aromatic rings. The van der Waals surface area contributed by atoms with Crippen LogP contribution < -0.4 is 4.74 Å². The molecule has 0 heterocycles. The SMILES string of the molecule is COc1cccc(C)c1[C@@H](CO)N=[N+]=[N-]. The first kappa shape index (κ1) is 11.4. The summed E-state index contributed by atoms with van der Waals surface area (Å²) in [4.78, 5) is 2.71. The van der Waals surface area contributed by atoms with E-state index in [9.17, 15) is 0 Å². The number of aliphatic hydroxyl groups is 1. The van der Waals surface area contributed by atoms with E-state index in [1.165, 1.54) is 0 Å². The highest BCUT2D eigenvalue weighted by Crippen LogP contribution is 2.30. The topological polar surface area (TPSA) is 78.2 Å². The summed E-state index contributed by atoms with van der Waals surface area (Å²) in [6.07, 6.45) is 0. The number of methoxy groups -OCH3 is 1. The standard InChI is InChI=1S/C10H13N3O2/c1-7-4-3-5-9(15-2)10(7)8(6-14)12-13-11/h3-5,8,14H,6H2,1-2H3/t8-/m1/s1. The summed E-state index contributed by atoms with van der Waals surface area (Å²) in [5.74, 6) is 0.626. The van der Waals surface area contributed by atoms with Crippen molar-refractivity contribution in [3.63, 3.8) is 0 Å². The molecule has 0 radical (unpaired) electrons. The zero-order valence-corrected chi connectivity index (χ0v) is 8.71. The molecule has 1 N–H and O–H groups in total. The van der Waals surface area contributed by atoms with E-state index in [-0.39, 0.29) is 6.61 Å². The average molecular weight is 207 g/mol. The molecule has 1 aromatic carbocycles. The van der Waals surface area contributed by atoms with Gasteiger partial charge in [0.25, 0.3) is 0 Å². The molecular formula is C10H13N3O2. The second-order valence-corrected chi connectivity index (χ2v) is 3.09. The van der Waals surface area contributed by atoms with E-state index >= 15 is 0 Å². The normalized spacial score (nSPS) is 11.7. The van der Waals surface area contributed by atoms with Crippen LogP contribution in [0.25, 0.3) is 10.4 Å². The van der Waals surface area contributed by atoms with Crippen molar-refractivity contribution in [2.24, 2.45) is 5.11 Å². The third-order valence-corrected chi connectivity index (χ3v) is 2.20. The minimum absolute atomic E-state index is 0.231. The lowest BCUT2D eigenvalue weighted by Gasteiger charge is -2.15. The van der Waals surface area contributed by atoms with E-state index in [1.54, 1.807) is 13.2 Å². The highest BCUT2D eigenvalue weighted by molar-refractivity contribution is 5.42. The highest BCUT2D eigenvalue weighted by atomic mass is 16.5. The molecule has 0 fully saturated rings. The van der Waals surface area contributed by atoms with E-state index in [1.807, 2.05) is 19.1 Å². The van der Waals surface area contributed by atoms with Gasteiger partial charge in [-0.05, 0) is 24.1 Å². The molecule has 80 valence electrons. The fourth-order valence-corrected chi connectivity index (χ4v) is 1.51. The van der Waals surface area contributed by atoms with Gasteiger partial charge in [0.05, 0.1) is 19.8 Å². The lowest BCUT2D eigenvalue weighted by molar-refractivity contribution is 0.264. The molecule has 0 saturated heterocycles. The van der Waals surface area contributed by atoms with Crippen molar-refractivity contribution in [2.45, 2.75) is 13.0 Å². The number of aliphatic hydroxyl groups excluding tert-OH is 1. The number of azide groups is 1. The van der Waals surface area contributed by atoms with Gasteiger partial charge in [0, 0.05) is 10.5 Å². The van der Waals surface area contributed by atoms with Crippen molar-refractivity contribution in [1.29, 1.82) is 0 Å². The van der Waals surface area contributed by atoms with Crippen LogP contribution in [0.15, 0.2) is 23.3 Å². The van der Waals surface area contributed by atoms with E-state index < -0.39 is 6.04 Å². The van der Waals surface area contributed by atoms with Crippen LogP contribution in [0.1, 0.15) is 17.2 Å². The first-order valence-corrected chi connectivity index (χ1v) is 4.53. The van der Waals surface area contributed by atoms with Gasteiger partial charge < -0.3 is 9.84 Å². The molecule has 0 aromatic heterocycles. The third kappa shape index (κ3) is 2.40. The summed E-state index contributed by atoms with van der Waals surface area (Å²) in [6.45, 7) is 1.65. The molecule has 5 nitrogen and oxygen atoms in total. The predicted octanol–water partition coefficient (Wildman–Crippen LogP) is 2.35. The summed E-state index contributed by atoms with van der Waals surface area (Å²) in [5, 5.41) is 12.7. The van der Waals surface area contributed by atoms with E-state index in [0.717, 1.165) is 11.1 Å². The van der Waals surface area contributed by atoms with Gasteiger partial charge in [-0.25, -0.2) is 0 Å². The fourth-order valence-electron chi connectivity index (χ4n) is 1.51. The van der Waals surface area contributed by atoms with E-state index in [0.29, 0.717) is 5.75 Å². The van der Waals surface area contributed by atoms with Crippen LogP contribution in [0, 0.1) is 6.92 Å². The Morgan fingerprint density at radius 1 is 1.60 bits per heavy atom. The maximum absolute atomic E-state index is 9.13. The first-order chi connectivity index (χ1) is 7.24. The van der Waals surface area contributed by atoms with Crippen LogP contribution in [0.2, 0.25) is 0 Å². The summed E-state index contributed by atoms with van der Waals surface area (Å²) >= 11 is 0. The second-order valence-electron chi connectivity index (χ2n) is 3.09. The summed E-state index contributed by atoms with van der Waals surface area (Å²) in [6, 6.07) is 4.92. The van der Waals surface area contributed by atoms with E-state index in [4.69, 9.17) is 15.4 Å². The Kier molecular flexibility index (Phi) is 3.97. The molecule has 0 aliphatic rings. The molecule has 1 rings (SSSR count). The van der Waals surface area contributed by atoms with Crippen molar-refractivity contribution in [3.8, 4) is 5.75 Å². The Balaban J connectivity index is 3.25. The summed E-state index contributed by atoms with van der Waals surface area (Å²) in [5.41, 5.74) is 10.1. The van der Waals surface area contributed by atoms with Crippen LogP contribution in [-0.4, -0.2) is 18.8 Å². The van der Waals surface area contributed by atoms with Crippen molar-refractivity contribution < 1.29 is 9.84 Å². The van der Waals surface area contributed by atoms with Crippen molar-refractivity contribution in [2.75, 3.05) is 13.7 Å². The quantitative estimate of drug-likeness (QED) is 0.467. The molecule has 0 aliphatic heterocycles. The largest absolute Gasteiger partial charge is 0.496 e. The average Bonchev–Trinajstić information content (AvgIpc) is 2.26. The van der Waals surface area contributed by atoms with Crippen LogP contribution in [0.3, 0.4) is 0 Å².